The molecule has 0 amide bonds. The van der Waals surface area contributed by atoms with Crippen LogP contribution < -0.4 is 5.32 Å². The molecule has 3 heteroatoms. The maximum absolute atomic E-state index is 13.6. The Morgan fingerprint density at radius 1 is 1.33 bits per heavy atom. The van der Waals surface area contributed by atoms with Crippen molar-refractivity contribution >= 4 is 5.69 Å². The summed E-state index contributed by atoms with van der Waals surface area (Å²) in [5.41, 5.74) is 2.32. The molecule has 15 heavy (non-hydrogen) atoms. The van der Waals surface area contributed by atoms with Crippen LogP contribution in [0.4, 0.5) is 10.1 Å². The van der Waals surface area contributed by atoms with Crippen LogP contribution in [0.2, 0.25) is 0 Å². The molecule has 0 radical (unpaired) electrons. The maximum Gasteiger partial charge on any atom is 0.149 e. The van der Waals surface area contributed by atoms with Gasteiger partial charge in [-0.3, -0.25) is 0 Å². The Kier molecular flexibility index (Phi) is 2.72. The Hall–Kier alpha value is -1.77. The van der Waals surface area contributed by atoms with Crippen LogP contribution in [0.3, 0.4) is 0 Å². The van der Waals surface area contributed by atoms with E-state index in [9.17, 15) is 4.39 Å². The first kappa shape index (κ1) is 9.77. The van der Waals surface area contributed by atoms with E-state index in [4.69, 9.17) is 0 Å². The van der Waals surface area contributed by atoms with Crippen molar-refractivity contribution in [1.82, 2.24) is 4.98 Å². The number of aryl methyl sites for hydroxylation is 1. The summed E-state index contributed by atoms with van der Waals surface area (Å²) in [6.45, 7) is 2.39. The Morgan fingerprint density at radius 2 is 2.20 bits per heavy atom. The third-order valence-corrected chi connectivity index (χ3v) is 2.34. The lowest BCUT2D eigenvalue weighted by Gasteiger charge is -2.07. The van der Waals surface area contributed by atoms with Crippen LogP contribution in [0, 0.1) is 12.7 Å². The van der Waals surface area contributed by atoms with Gasteiger partial charge in [0.05, 0.1) is 5.69 Å². The second-order valence-corrected chi connectivity index (χ2v) is 3.51. The van der Waals surface area contributed by atoms with Gasteiger partial charge in [-0.2, -0.15) is 0 Å². The molecule has 0 aliphatic rings. The predicted octanol–water partition coefficient (Wildman–Crippen LogP) is 3.07. The lowest BCUT2D eigenvalue weighted by atomic mass is 10.2. The van der Waals surface area contributed by atoms with E-state index in [2.05, 4.69) is 10.3 Å². The summed E-state index contributed by atoms with van der Waals surface area (Å²) in [7, 11) is 0. The van der Waals surface area contributed by atoms with E-state index >= 15 is 0 Å². The van der Waals surface area contributed by atoms with Gasteiger partial charge in [0.25, 0.3) is 0 Å². The zero-order valence-corrected chi connectivity index (χ0v) is 8.55. The van der Waals surface area contributed by atoms with Crippen LogP contribution in [-0.4, -0.2) is 4.98 Å². The van der Waals surface area contributed by atoms with E-state index in [1.165, 1.54) is 0 Å². The molecular formula is C12H13FN2. The van der Waals surface area contributed by atoms with Crippen LogP contribution in [0.25, 0.3) is 0 Å². The fourth-order valence-corrected chi connectivity index (χ4v) is 1.45. The number of hydrogen-bond acceptors (Lipinski definition) is 1. The summed E-state index contributed by atoms with van der Waals surface area (Å²) in [4.78, 5) is 2.96. The van der Waals surface area contributed by atoms with Crippen molar-refractivity contribution in [3.05, 3.63) is 53.6 Å². The third kappa shape index (κ3) is 2.18. The molecule has 1 heterocycles. The Labute approximate surface area is 88.1 Å². The van der Waals surface area contributed by atoms with Crippen molar-refractivity contribution in [2.24, 2.45) is 0 Å². The number of nitrogens with one attached hydrogen (secondary N) is 2. The molecule has 0 aliphatic carbocycles. The molecular weight excluding hydrogens is 191 g/mol. The molecule has 2 aromatic rings. The van der Waals surface area contributed by atoms with E-state index in [-0.39, 0.29) is 5.82 Å². The smallest absolute Gasteiger partial charge is 0.149 e. The van der Waals surface area contributed by atoms with Crippen LogP contribution in [0.5, 0.6) is 0 Å². The molecule has 1 aromatic heterocycles. The Morgan fingerprint density at radius 3 is 2.93 bits per heavy atom. The predicted molar refractivity (Wildman–Crippen MR) is 59.3 cm³/mol. The second-order valence-electron chi connectivity index (χ2n) is 3.51. The van der Waals surface area contributed by atoms with E-state index in [1.54, 1.807) is 19.1 Å². The van der Waals surface area contributed by atoms with E-state index < -0.39 is 0 Å². The highest BCUT2D eigenvalue weighted by atomic mass is 19.1. The third-order valence-electron chi connectivity index (χ3n) is 2.34. The van der Waals surface area contributed by atoms with E-state index in [0.29, 0.717) is 17.8 Å². The summed E-state index contributed by atoms with van der Waals surface area (Å²) in [5, 5.41) is 3.06. The SMILES string of the molecule is Cc1cccc(NCc2cc[nH]c2)c1F. The summed E-state index contributed by atoms with van der Waals surface area (Å²) in [5.74, 6) is -0.173. The number of benzene rings is 1. The first-order valence-corrected chi connectivity index (χ1v) is 4.88. The molecule has 78 valence electrons. The van der Waals surface area contributed by atoms with Crippen molar-refractivity contribution in [2.75, 3.05) is 5.32 Å². The fourth-order valence-electron chi connectivity index (χ4n) is 1.45. The molecule has 2 N–H and O–H groups in total. The van der Waals surface area contributed by atoms with Gasteiger partial charge < -0.3 is 10.3 Å². The molecule has 0 saturated heterocycles. The van der Waals surface area contributed by atoms with Crippen molar-refractivity contribution in [1.29, 1.82) is 0 Å². The average Bonchev–Trinajstić information content (AvgIpc) is 2.73. The minimum absolute atomic E-state index is 0.173. The standard InChI is InChI=1S/C12H13FN2/c1-9-3-2-4-11(12(9)13)15-8-10-5-6-14-7-10/h2-7,14-15H,8H2,1H3. The van der Waals surface area contributed by atoms with Crippen molar-refractivity contribution in [3.8, 4) is 0 Å². The van der Waals surface area contributed by atoms with Gasteiger partial charge in [0.1, 0.15) is 5.82 Å². The molecule has 0 aliphatic heterocycles. The summed E-state index contributed by atoms with van der Waals surface area (Å²) in [6, 6.07) is 7.31. The van der Waals surface area contributed by atoms with Crippen LogP contribution in [0.1, 0.15) is 11.1 Å². The molecule has 0 spiro atoms. The van der Waals surface area contributed by atoms with Gasteiger partial charge in [-0.1, -0.05) is 12.1 Å². The molecule has 0 saturated carbocycles. The highest BCUT2D eigenvalue weighted by Gasteiger charge is 2.03. The number of halogens is 1. The topological polar surface area (TPSA) is 27.8 Å². The van der Waals surface area contributed by atoms with Crippen LogP contribution >= 0.6 is 0 Å². The Bertz CT molecular complexity index is 435. The summed E-state index contributed by atoms with van der Waals surface area (Å²) < 4.78 is 13.6. The molecule has 0 fully saturated rings. The highest BCUT2D eigenvalue weighted by Crippen LogP contribution is 2.17. The monoisotopic (exact) mass is 204 g/mol. The average molecular weight is 204 g/mol. The number of aromatic nitrogens is 1. The van der Waals surface area contributed by atoms with Gasteiger partial charge in [-0.25, -0.2) is 4.39 Å². The Balaban J connectivity index is 2.08. The number of aromatic amines is 1. The van der Waals surface area contributed by atoms with Crippen molar-refractivity contribution in [2.45, 2.75) is 13.5 Å². The summed E-state index contributed by atoms with van der Waals surface area (Å²) >= 11 is 0. The quantitative estimate of drug-likeness (QED) is 0.790. The number of H-pyrrole nitrogens is 1. The largest absolute Gasteiger partial charge is 0.379 e. The lowest BCUT2D eigenvalue weighted by molar-refractivity contribution is 0.621. The lowest BCUT2D eigenvalue weighted by Crippen LogP contribution is -2.01. The molecule has 2 rings (SSSR count). The number of rotatable bonds is 3. The molecule has 0 unspecified atom stereocenters. The molecule has 1 aromatic carbocycles. The molecule has 0 bridgehead atoms. The van der Waals surface area contributed by atoms with Crippen molar-refractivity contribution < 1.29 is 4.39 Å². The highest BCUT2D eigenvalue weighted by molar-refractivity contribution is 5.47. The van der Waals surface area contributed by atoms with Crippen molar-refractivity contribution in [3.63, 3.8) is 0 Å². The van der Waals surface area contributed by atoms with Gasteiger partial charge in [-0.15, -0.1) is 0 Å². The first-order chi connectivity index (χ1) is 7.27. The fraction of sp³-hybridized carbons (Fsp3) is 0.167. The molecule has 0 atom stereocenters. The minimum atomic E-state index is -0.173. The van der Waals surface area contributed by atoms with E-state index in [1.807, 2.05) is 24.5 Å². The molecule has 2 nitrogen and oxygen atoms in total. The zero-order valence-electron chi connectivity index (χ0n) is 8.55. The van der Waals surface area contributed by atoms with Crippen LogP contribution in [-0.2, 0) is 6.54 Å². The normalized spacial score (nSPS) is 10.3. The van der Waals surface area contributed by atoms with E-state index in [0.717, 1.165) is 5.56 Å². The van der Waals surface area contributed by atoms with Crippen LogP contribution in [0.15, 0.2) is 36.7 Å². The number of hydrogen-bond donors (Lipinski definition) is 2. The van der Waals surface area contributed by atoms with Gasteiger partial charge >= 0.3 is 0 Å². The zero-order chi connectivity index (χ0) is 10.7. The van der Waals surface area contributed by atoms with Gasteiger partial charge in [0, 0.05) is 18.9 Å². The second kappa shape index (κ2) is 4.17. The van der Waals surface area contributed by atoms with Gasteiger partial charge in [0.15, 0.2) is 0 Å². The first-order valence-electron chi connectivity index (χ1n) is 4.88. The minimum Gasteiger partial charge on any atom is -0.379 e. The number of anilines is 1. The maximum atomic E-state index is 13.6. The van der Waals surface area contributed by atoms with Gasteiger partial charge in [0.2, 0.25) is 0 Å². The summed E-state index contributed by atoms with van der Waals surface area (Å²) in [6.07, 6.45) is 3.74. The van der Waals surface area contributed by atoms with Gasteiger partial charge in [-0.05, 0) is 30.2 Å².